The minimum absolute atomic E-state index is 0.221. The molecular formula is C14H22F3N3. The van der Waals surface area contributed by atoms with Gasteiger partial charge in [-0.1, -0.05) is 19.9 Å². The monoisotopic (exact) mass is 289 g/mol. The summed E-state index contributed by atoms with van der Waals surface area (Å²) >= 11 is 0. The first-order chi connectivity index (χ1) is 9.44. The highest BCUT2D eigenvalue weighted by molar-refractivity contribution is 5.14. The van der Waals surface area contributed by atoms with Gasteiger partial charge in [0.25, 0.3) is 0 Å². The Morgan fingerprint density at radius 1 is 1.25 bits per heavy atom. The third-order valence-corrected chi connectivity index (χ3v) is 2.88. The van der Waals surface area contributed by atoms with Gasteiger partial charge in [-0.3, -0.25) is 9.88 Å². The van der Waals surface area contributed by atoms with Crippen LogP contribution in [0.5, 0.6) is 0 Å². The van der Waals surface area contributed by atoms with E-state index in [1.807, 2.05) is 6.07 Å². The van der Waals surface area contributed by atoms with Crippen LogP contribution < -0.4 is 5.32 Å². The summed E-state index contributed by atoms with van der Waals surface area (Å²) in [5.41, 5.74) is 1.71. The molecule has 1 N–H and O–H groups in total. The Hall–Kier alpha value is -1.14. The van der Waals surface area contributed by atoms with Crippen LogP contribution >= 0.6 is 0 Å². The fraction of sp³-hybridized carbons (Fsp3) is 0.643. The Morgan fingerprint density at radius 2 is 2.00 bits per heavy atom. The molecule has 0 aliphatic rings. The molecule has 0 bridgehead atoms. The summed E-state index contributed by atoms with van der Waals surface area (Å²) in [5, 5.41) is 3.25. The van der Waals surface area contributed by atoms with Crippen molar-refractivity contribution in [3.8, 4) is 0 Å². The maximum atomic E-state index is 12.4. The third-order valence-electron chi connectivity index (χ3n) is 2.88. The number of hydrogen-bond donors (Lipinski definition) is 1. The van der Waals surface area contributed by atoms with E-state index >= 15 is 0 Å². The number of halogens is 3. The highest BCUT2D eigenvalue weighted by atomic mass is 19.4. The summed E-state index contributed by atoms with van der Waals surface area (Å²) in [4.78, 5) is 5.56. The molecule has 0 saturated heterocycles. The zero-order chi connectivity index (χ0) is 15.0. The standard InChI is InChI=1S/C14H22F3N3/c1-3-7-18-8-12-5-6-13(19-9-12)10-20(4-2)11-14(15,16)17/h5-6,9,18H,3-4,7-8,10-11H2,1-2H3. The molecule has 0 aliphatic carbocycles. The second-order valence-electron chi connectivity index (χ2n) is 4.75. The summed E-state index contributed by atoms with van der Waals surface area (Å²) in [6.45, 7) is 5.16. The van der Waals surface area contributed by atoms with Crippen LogP contribution in [0.2, 0.25) is 0 Å². The predicted molar refractivity (Wildman–Crippen MR) is 73.2 cm³/mol. The molecule has 1 aromatic heterocycles. The molecular weight excluding hydrogens is 267 g/mol. The summed E-state index contributed by atoms with van der Waals surface area (Å²) in [6.07, 6.45) is -1.38. The molecule has 0 unspecified atom stereocenters. The number of aromatic nitrogens is 1. The lowest BCUT2D eigenvalue weighted by atomic mass is 10.2. The van der Waals surface area contributed by atoms with Crippen LogP contribution in [0.3, 0.4) is 0 Å². The summed E-state index contributed by atoms with van der Waals surface area (Å²) in [7, 11) is 0. The van der Waals surface area contributed by atoms with Crippen molar-refractivity contribution >= 4 is 0 Å². The molecule has 20 heavy (non-hydrogen) atoms. The number of hydrogen-bond acceptors (Lipinski definition) is 3. The molecule has 114 valence electrons. The molecule has 1 aromatic rings. The lowest BCUT2D eigenvalue weighted by Crippen LogP contribution is -2.33. The van der Waals surface area contributed by atoms with E-state index in [1.165, 1.54) is 4.90 Å². The van der Waals surface area contributed by atoms with Gasteiger partial charge < -0.3 is 5.32 Å². The summed E-state index contributed by atoms with van der Waals surface area (Å²) < 4.78 is 37.1. The lowest BCUT2D eigenvalue weighted by molar-refractivity contribution is -0.146. The topological polar surface area (TPSA) is 28.2 Å². The van der Waals surface area contributed by atoms with E-state index in [9.17, 15) is 13.2 Å². The molecule has 1 heterocycles. The molecule has 0 amide bonds. The van der Waals surface area contributed by atoms with E-state index < -0.39 is 12.7 Å². The van der Waals surface area contributed by atoms with Gasteiger partial charge in [0.1, 0.15) is 0 Å². The first-order valence-electron chi connectivity index (χ1n) is 6.88. The zero-order valence-corrected chi connectivity index (χ0v) is 12.0. The fourth-order valence-electron chi connectivity index (χ4n) is 1.82. The van der Waals surface area contributed by atoms with Crippen molar-refractivity contribution in [2.45, 2.75) is 39.5 Å². The van der Waals surface area contributed by atoms with Gasteiger partial charge in [-0.2, -0.15) is 13.2 Å². The Kier molecular flexibility index (Phi) is 6.95. The van der Waals surface area contributed by atoms with Crippen LogP contribution in [0, 0.1) is 0 Å². The average molecular weight is 289 g/mol. The molecule has 0 saturated carbocycles. The van der Waals surface area contributed by atoms with Gasteiger partial charge in [-0.25, -0.2) is 0 Å². The Morgan fingerprint density at radius 3 is 2.50 bits per heavy atom. The zero-order valence-electron chi connectivity index (χ0n) is 12.0. The molecule has 6 heteroatoms. The largest absolute Gasteiger partial charge is 0.401 e. The van der Waals surface area contributed by atoms with Crippen LogP contribution in [-0.2, 0) is 13.1 Å². The van der Waals surface area contributed by atoms with Crippen LogP contribution in [-0.4, -0.2) is 35.7 Å². The number of rotatable bonds is 8. The maximum Gasteiger partial charge on any atom is 0.401 e. The molecule has 0 spiro atoms. The average Bonchev–Trinajstić information content (AvgIpc) is 2.38. The van der Waals surface area contributed by atoms with E-state index in [4.69, 9.17) is 0 Å². The maximum absolute atomic E-state index is 12.4. The van der Waals surface area contributed by atoms with Gasteiger partial charge in [0, 0.05) is 19.3 Å². The van der Waals surface area contributed by atoms with Crippen molar-refractivity contribution in [1.29, 1.82) is 0 Å². The van der Waals surface area contributed by atoms with Crippen LogP contribution in [0.1, 0.15) is 31.5 Å². The lowest BCUT2D eigenvalue weighted by Gasteiger charge is -2.21. The van der Waals surface area contributed by atoms with E-state index in [0.717, 1.165) is 25.1 Å². The number of pyridine rings is 1. The summed E-state index contributed by atoms with van der Waals surface area (Å²) in [5.74, 6) is 0. The smallest absolute Gasteiger partial charge is 0.313 e. The SMILES string of the molecule is CCCNCc1ccc(CN(CC)CC(F)(F)F)nc1. The first kappa shape index (κ1) is 16.9. The molecule has 0 aromatic carbocycles. The highest BCUT2D eigenvalue weighted by Crippen LogP contribution is 2.17. The Labute approximate surface area is 118 Å². The Bertz CT molecular complexity index is 376. The fourth-order valence-corrected chi connectivity index (χ4v) is 1.82. The third kappa shape index (κ3) is 6.86. The van der Waals surface area contributed by atoms with Crippen molar-refractivity contribution < 1.29 is 13.2 Å². The van der Waals surface area contributed by atoms with Crippen molar-refractivity contribution in [1.82, 2.24) is 15.2 Å². The molecule has 0 fully saturated rings. The van der Waals surface area contributed by atoms with Crippen LogP contribution in [0.15, 0.2) is 18.3 Å². The molecule has 0 radical (unpaired) electrons. The van der Waals surface area contributed by atoms with Gasteiger partial charge in [0.05, 0.1) is 12.2 Å². The Balaban J connectivity index is 2.50. The minimum Gasteiger partial charge on any atom is -0.313 e. The second-order valence-corrected chi connectivity index (χ2v) is 4.75. The van der Waals surface area contributed by atoms with Crippen LogP contribution in [0.25, 0.3) is 0 Å². The van der Waals surface area contributed by atoms with Gasteiger partial charge in [0.2, 0.25) is 0 Å². The molecule has 0 aliphatic heterocycles. The van der Waals surface area contributed by atoms with E-state index in [1.54, 1.807) is 19.2 Å². The van der Waals surface area contributed by atoms with E-state index in [0.29, 0.717) is 12.2 Å². The quantitative estimate of drug-likeness (QED) is 0.746. The minimum atomic E-state index is -4.17. The summed E-state index contributed by atoms with van der Waals surface area (Å²) in [6, 6.07) is 3.70. The van der Waals surface area contributed by atoms with Crippen molar-refractivity contribution in [3.05, 3.63) is 29.6 Å². The van der Waals surface area contributed by atoms with E-state index in [2.05, 4.69) is 17.2 Å². The first-order valence-corrected chi connectivity index (χ1v) is 6.88. The predicted octanol–water partition coefficient (Wildman–Crippen LogP) is 2.97. The van der Waals surface area contributed by atoms with Crippen molar-refractivity contribution in [2.24, 2.45) is 0 Å². The van der Waals surface area contributed by atoms with Gasteiger partial charge in [0.15, 0.2) is 0 Å². The number of nitrogens with one attached hydrogen (secondary N) is 1. The van der Waals surface area contributed by atoms with Gasteiger partial charge in [-0.15, -0.1) is 0 Å². The van der Waals surface area contributed by atoms with Gasteiger partial charge in [-0.05, 0) is 31.1 Å². The van der Waals surface area contributed by atoms with Gasteiger partial charge >= 0.3 is 6.18 Å². The van der Waals surface area contributed by atoms with Crippen molar-refractivity contribution in [2.75, 3.05) is 19.6 Å². The molecule has 1 rings (SSSR count). The normalized spacial score (nSPS) is 12.1. The highest BCUT2D eigenvalue weighted by Gasteiger charge is 2.30. The number of alkyl halides is 3. The second kappa shape index (κ2) is 8.21. The van der Waals surface area contributed by atoms with E-state index in [-0.39, 0.29) is 6.54 Å². The molecule has 3 nitrogen and oxygen atoms in total. The van der Waals surface area contributed by atoms with Crippen LogP contribution in [0.4, 0.5) is 13.2 Å². The molecule has 0 atom stereocenters. The van der Waals surface area contributed by atoms with Crippen molar-refractivity contribution in [3.63, 3.8) is 0 Å². The number of nitrogens with zero attached hydrogens (tertiary/aromatic N) is 2.